The van der Waals surface area contributed by atoms with Crippen LogP contribution in [0.5, 0.6) is 0 Å². The van der Waals surface area contributed by atoms with Crippen molar-refractivity contribution < 1.29 is 8.78 Å². The Bertz CT molecular complexity index is 275. The number of aliphatic imine (C=N–C) groups is 1. The van der Waals surface area contributed by atoms with E-state index in [1.807, 2.05) is 16.7 Å². The minimum Gasteiger partial charge on any atom is -0.370 e. The van der Waals surface area contributed by atoms with Crippen LogP contribution in [0.3, 0.4) is 0 Å². The molecule has 1 saturated carbocycles. The highest BCUT2D eigenvalue weighted by atomic mass is 127. The molecule has 0 spiro atoms. The Morgan fingerprint density at radius 1 is 1.35 bits per heavy atom. The van der Waals surface area contributed by atoms with E-state index in [1.54, 1.807) is 0 Å². The SMILES string of the molecule is I.NC(=NCC1CC(F)(F)C1)N1CCSCC1. The third-order valence-electron chi connectivity index (χ3n) is 3.02. The molecule has 0 aromatic heterocycles. The zero-order valence-electron chi connectivity index (χ0n) is 9.57. The van der Waals surface area contributed by atoms with Gasteiger partial charge >= 0.3 is 0 Å². The van der Waals surface area contributed by atoms with E-state index in [9.17, 15) is 8.78 Å². The molecule has 2 aliphatic rings. The molecule has 2 fully saturated rings. The number of hydrogen-bond acceptors (Lipinski definition) is 2. The van der Waals surface area contributed by atoms with E-state index in [0.29, 0.717) is 12.5 Å². The van der Waals surface area contributed by atoms with Gasteiger partial charge < -0.3 is 10.6 Å². The first-order valence-corrected chi connectivity index (χ1v) is 6.73. The first-order chi connectivity index (χ1) is 7.57. The zero-order valence-corrected chi connectivity index (χ0v) is 12.7. The molecule has 0 aromatic rings. The van der Waals surface area contributed by atoms with Gasteiger partial charge in [0.25, 0.3) is 0 Å². The molecule has 0 radical (unpaired) electrons. The van der Waals surface area contributed by atoms with Gasteiger partial charge in [-0.3, -0.25) is 4.99 Å². The third-order valence-corrected chi connectivity index (χ3v) is 3.96. The van der Waals surface area contributed by atoms with E-state index >= 15 is 0 Å². The molecule has 0 bridgehead atoms. The lowest BCUT2D eigenvalue weighted by atomic mass is 9.81. The van der Waals surface area contributed by atoms with Crippen molar-refractivity contribution in [3.05, 3.63) is 0 Å². The fourth-order valence-electron chi connectivity index (χ4n) is 2.03. The van der Waals surface area contributed by atoms with Gasteiger partial charge in [-0.2, -0.15) is 11.8 Å². The molecule has 1 saturated heterocycles. The first-order valence-electron chi connectivity index (χ1n) is 5.57. The summed E-state index contributed by atoms with van der Waals surface area (Å²) in [6, 6.07) is 0. The largest absolute Gasteiger partial charge is 0.370 e. The van der Waals surface area contributed by atoms with Crippen LogP contribution in [0.4, 0.5) is 8.78 Å². The molecular weight excluding hydrogens is 359 g/mol. The number of nitrogens with zero attached hydrogens (tertiary/aromatic N) is 2. The molecule has 3 nitrogen and oxygen atoms in total. The van der Waals surface area contributed by atoms with E-state index in [0.717, 1.165) is 24.6 Å². The molecule has 0 unspecified atom stereocenters. The monoisotopic (exact) mass is 377 g/mol. The van der Waals surface area contributed by atoms with Crippen molar-refractivity contribution in [1.29, 1.82) is 0 Å². The van der Waals surface area contributed by atoms with Gasteiger partial charge in [-0.1, -0.05) is 0 Å². The number of nitrogens with two attached hydrogens (primary N) is 1. The summed E-state index contributed by atoms with van der Waals surface area (Å²) in [5, 5.41) is 0. The molecule has 1 heterocycles. The zero-order chi connectivity index (χ0) is 11.6. The van der Waals surface area contributed by atoms with Crippen LogP contribution in [0.25, 0.3) is 0 Å². The first kappa shape index (κ1) is 15.3. The van der Waals surface area contributed by atoms with Crippen LogP contribution in [-0.4, -0.2) is 47.9 Å². The van der Waals surface area contributed by atoms with Crippen molar-refractivity contribution in [2.75, 3.05) is 31.1 Å². The molecule has 2 N–H and O–H groups in total. The second-order valence-electron chi connectivity index (χ2n) is 4.43. The minimum absolute atomic E-state index is 0. The molecule has 0 aromatic carbocycles. The van der Waals surface area contributed by atoms with Gasteiger partial charge in [0.1, 0.15) is 0 Å². The summed E-state index contributed by atoms with van der Waals surface area (Å²) in [7, 11) is 0. The van der Waals surface area contributed by atoms with Crippen LogP contribution in [0.2, 0.25) is 0 Å². The summed E-state index contributed by atoms with van der Waals surface area (Å²) in [4.78, 5) is 6.25. The summed E-state index contributed by atoms with van der Waals surface area (Å²) < 4.78 is 25.1. The highest BCUT2D eigenvalue weighted by molar-refractivity contribution is 14.0. The van der Waals surface area contributed by atoms with Crippen molar-refractivity contribution in [3.8, 4) is 0 Å². The maximum absolute atomic E-state index is 12.6. The molecule has 0 atom stereocenters. The van der Waals surface area contributed by atoms with Crippen LogP contribution >= 0.6 is 35.7 Å². The molecule has 7 heteroatoms. The Morgan fingerprint density at radius 2 is 1.94 bits per heavy atom. The van der Waals surface area contributed by atoms with Crippen LogP contribution < -0.4 is 5.73 Å². The van der Waals surface area contributed by atoms with Gasteiger partial charge in [-0.15, -0.1) is 24.0 Å². The third kappa shape index (κ3) is 4.42. The van der Waals surface area contributed by atoms with Gasteiger partial charge in [0.05, 0.1) is 0 Å². The topological polar surface area (TPSA) is 41.6 Å². The van der Waals surface area contributed by atoms with Crippen LogP contribution in [0.1, 0.15) is 12.8 Å². The van der Waals surface area contributed by atoms with Crippen molar-refractivity contribution in [2.24, 2.45) is 16.6 Å². The summed E-state index contributed by atoms with van der Waals surface area (Å²) in [6.07, 6.45) is -0.0563. The number of rotatable bonds is 2. The van der Waals surface area contributed by atoms with E-state index in [-0.39, 0.29) is 42.7 Å². The average molecular weight is 377 g/mol. The molecule has 0 amide bonds. The predicted molar refractivity (Wildman–Crippen MR) is 78.5 cm³/mol. The Kier molecular flexibility index (Phi) is 5.75. The lowest BCUT2D eigenvalue weighted by Crippen LogP contribution is -2.43. The van der Waals surface area contributed by atoms with Crippen molar-refractivity contribution in [2.45, 2.75) is 18.8 Å². The van der Waals surface area contributed by atoms with E-state index in [4.69, 9.17) is 5.73 Å². The summed E-state index contributed by atoms with van der Waals surface area (Å²) in [6.45, 7) is 2.28. The van der Waals surface area contributed by atoms with Crippen molar-refractivity contribution >= 4 is 41.7 Å². The number of halogens is 3. The second-order valence-corrected chi connectivity index (χ2v) is 5.65. The van der Waals surface area contributed by atoms with Gasteiger partial charge in [-0.25, -0.2) is 8.78 Å². The van der Waals surface area contributed by atoms with Crippen LogP contribution in [0.15, 0.2) is 4.99 Å². The van der Waals surface area contributed by atoms with E-state index < -0.39 is 5.92 Å². The maximum Gasteiger partial charge on any atom is 0.248 e. The minimum atomic E-state index is -2.45. The van der Waals surface area contributed by atoms with Gasteiger partial charge in [0, 0.05) is 44.0 Å². The second kappa shape index (κ2) is 6.40. The van der Waals surface area contributed by atoms with Gasteiger partial charge in [0.2, 0.25) is 5.92 Å². The predicted octanol–water partition coefficient (Wildman–Crippen LogP) is 2.01. The van der Waals surface area contributed by atoms with Crippen LogP contribution in [-0.2, 0) is 0 Å². The van der Waals surface area contributed by atoms with Crippen molar-refractivity contribution in [3.63, 3.8) is 0 Å². The fraction of sp³-hybridized carbons (Fsp3) is 0.900. The van der Waals surface area contributed by atoms with E-state index in [2.05, 4.69) is 4.99 Å². The van der Waals surface area contributed by atoms with Gasteiger partial charge in [-0.05, 0) is 5.92 Å². The lowest BCUT2D eigenvalue weighted by molar-refractivity contribution is -0.107. The molecule has 1 aliphatic heterocycles. The van der Waals surface area contributed by atoms with E-state index in [1.165, 1.54) is 0 Å². The Labute approximate surface area is 122 Å². The smallest absolute Gasteiger partial charge is 0.248 e. The molecule has 1 aliphatic carbocycles. The van der Waals surface area contributed by atoms with Crippen LogP contribution in [0, 0.1) is 5.92 Å². The number of alkyl halides is 2. The Hall–Kier alpha value is 0.210. The quantitative estimate of drug-likeness (QED) is 0.455. The fourth-order valence-corrected chi connectivity index (χ4v) is 2.93. The summed E-state index contributed by atoms with van der Waals surface area (Å²) in [5.41, 5.74) is 5.82. The maximum atomic E-state index is 12.6. The number of hydrogen-bond donors (Lipinski definition) is 1. The van der Waals surface area contributed by atoms with Gasteiger partial charge in [0.15, 0.2) is 5.96 Å². The van der Waals surface area contributed by atoms with Crippen molar-refractivity contribution in [1.82, 2.24) is 4.90 Å². The molecule has 2 rings (SSSR count). The Morgan fingerprint density at radius 3 is 2.47 bits per heavy atom. The highest BCUT2D eigenvalue weighted by Gasteiger charge is 2.44. The highest BCUT2D eigenvalue weighted by Crippen LogP contribution is 2.42. The average Bonchev–Trinajstić information content (AvgIpc) is 2.24. The number of thioether (sulfide) groups is 1. The number of guanidine groups is 1. The molecule has 17 heavy (non-hydrogen) atoms. The summed E-state index contributed by atoms with van der Waals surface area (Å²) in [5.74, 6) is 0.231. The molecule has 100 valence electrons. The summed E-state index contributed by atoms with van der Waals surface area (Å²) >= 11 is 1.90. The normalized spacial score (nSPS) is 25.1. The lowest BCUT2D eigenvalue weighted by Gasteiger charge is -2.34. The molecular formula is C10H18F2IN3S. The Balaban J connectivity index is 0.00000144. The standard InChI is InChI=1S/C10H17F2N3S.HI/c11-10(12)5-8(6-10)7-14-9(13)15-1-3-16-4-2-15;/h8H,1-7H2,(H2,13,14);1H.